The van der Waals surface area contributed by atoms with Crippen LogP contribution in [0, 0.1) is 0 Å². The van der Waals surface area contributed by atoms with Crippen LogP contribution in [0.2, 0.25) is 18.1 Å². The van der Waals surface area contributed by atoms with E-state index >= 15 is 0 Å². The van der Waals surface area contributed by atoms with Crippen molar-refractivity contribution in [1.29, 1.82) is 0 Å². The molecule has 0 aliphatic heterocycles. The largest absolute Gasteiger partial charge is 0.375 e. The van der Waals surface area contributed by atoms with Crippen molar-refractivity contribution in [2.75, 3.05) is 20.7 Å². The Morgan fingerprint density at radius 1 is 1.20 bits per heavy atom. The van der Waals surface area contributed by atoms with Crippen LogP contribution in [0.1, 0.15) is 39.2 Å². The van der Waals surface area contributed by atoms with E-state index in [-0.39, 0.29) is 9.79 Å². The molecule has 1 aliphatic rings. The van der Waals surface area contributed by atoms with Gasteiger partial charge >= 0.3 is 0 Å². The topological polar surface area (TPSA) is 41.9 Å². The summed E-state index contributed by atoms with van der Waals surface area (Å²) in [6.07, 6.45) is 1.86. The second-order valence-corrected chi connectivity index (χ2v) is 16.8. The van der Waals surface area contributed by atoms with Gasteiger partial charge in [0, 0.05) is 14.1 Å². The molecule has 1 aromatic rings. The maximum atomic E-state index is 14.0. The van der Waals surface area contributed by atoms with Crippen molar-refractivity contribution in [3.05, 3.63) is 35.9 Å². The molecule has 142 valence electrons. The molecular formula is C19H34N2O2SSi. The molecule has 1 aliphatic carbocycles. The quantitative estimate of drug-likeness (QED) is 0.642. The van der Waals surface area contributed by atoms with Gasteiger partial charge in [0.1, 0.15) is 9.92 Å². The van der Waals surface area contributed by atoms with Crippen molar-refractivity contribution in [3.63, 3.8) is 0 Å². The van der Waals surface area contributed by atoms with Gasteiger partial charge in [0.05, 0.1) is 18.0 Å². The second-order valence-electron chi connectivity index (χ2n) is 8.87. The minimum absolute atomic E-state index is 0.0760. The van der Waals surface area contributed by atoms with Gasteiger partial charge in [-0.05, 0) is 36.5 Å². The van der Waals surface area contributed by atoms with E-state index in [4.69, 9.17) is 8.77 Å². The average molecular weight is 383 g/mol. The lowest BCUT2D eigenvalue weighted by Crippen LogP contribution is -2.44. The van der Waals surface area contributed by atoms with Gasteiger partial charge in [-0.2, -0.15) is 0 Å². The van der Waals surface area contributed by atoms with Gasteiger partial charge in [0.2, 0.25) is 0 Å². The lowest BCUT2D eigenvalue weighted by atomic mass is 10.2. The molecule has 0 saturated heterocycles. The molecule has 25 heavy (non-hydrogen) atoms. The fourth-order valence-electron chi connectivity index (χ4n) is 2.57. The van der Waals surface area contributed by atoms with E-state index in [1.54, 1.807) is 0 Å². The summed E-state index contributed by atoms with van der Waals surface area (Å²) in [5, 5.41) is 0.0760. The van der Waals surface area contributed by atoms with E-state index in [2.05, 4.69) is 46.0 Å². The van der Waals surface area contributed by atoms with Crippen LogP contribution < -0.4 is 0 Å². The highest BCUT2D eigenvalue weighted by Crippen LogP contribution is 2.48. The normalized spacial score (nSPS) is 19.5. The molecule has 0 N–H and O–H groups in total. The molecule has 2 rings (SSSR count). The SMILES string of the molecule is CN(C)S(=O)(=N[Si](C)(C)C(C)(C)C)C1(COCc2ccccc2)CC1. The summed E-state index contributed by atoms with van der Waals surface area (Å²) in [5.41, 5.74) is 1.15. The third-order valence-corrected chi connectivity index (χ3v) is 14.7. The van der Waals surface area contributed by atoms with E-state index in [1.807, 2.05) is 36.6 Å². The maximum Gasteiger partial charge on any atom is 0.194 e. The van der Waals surface area contributed by atoms with Crippen LogP contribution >= 0.6 is 0 Å². The summed E-state index contributed by atoms with van der Waals surface area (Å²) >= 11 is 0. The number of rotatable bonds is 7. The van der Waals surface area contributed by atoms with Crippen molar-refractivity contribution >= 4 is 18.2 Å². The number of nitrogens with zero attached hydrogens (tertiary/aromatic N) is 2. The highest BCUT2D eigenvalue weighted by Gasteiger charge is 2.55. The molecule has 0 spiro atoms. The summed E-state index contributed by atoms with van der Waals surface area (Å²) in [6, 6.07) is 10.1. The molecule has 0 heterocycles. The minimum atomic E-state index is -2.47. The van der Waals surface area contributed by atoms with E-state index in [1.165, 1.54) is 0 Å². The van der Waals surface area contributed by atoms with Crippen molar-refractivity contribution in [2.45, 2.75) is 63.1 Å². The standard InChI is InChI=1S/C19H34N2O2SSi/c1-18(2,3)25(6,7)20-24(22,21(4)5)19(13-14-19)16-23-15-17-11-9-8-10-12-17/h8-12H,13-16H2,1-7H3. The number of ether oxygens (including phenoxy) is 1. The first-order valence-corrected chi connectivity index (χ1v) is 13.4. The first-order valence-electron chi connectivity index (χ1n) is 9.01. The zero-order valence-corrected chi connectivity index (χ0v) is 18.7. The van der Waals surface area contributed by atoms with Crippen LogP contribution in [0.4, 0.5) is 0 Å². The fraction of sp³-hybridized carbons (Fsp3) is 0.684. The average Bonchev–Trinajstić information content (AvgIpc) is 3.28. The van der Waals surface area contributed by atoms with E-state index in [9.17, 15) is 4.21 Å². The predicted octanol–water partition coefficient (Wildman–Crippen LogP) is 4.69. The second kappa shape index (κ2) is 7.14. The fourth-order valence-corrected chi connectivity index (χ4v) is 9.21. The molecule has 1 aromatic carbocycles. The smallest absolute Gasteiger partial charge is 0.194 e. The lowest BCUT2D eigenvalue weighted by molar-refractivity contribution is 0.116. The third-order valence-electron chi connectivity index (χ3n) is 5.53. The summed E-state index contributed by atoms with van der Waals surface area (Å²) in [6.45, 7) is 12.1. The number of hydrogen-bond acceptors (Lipinski definition) is 3. The molecule has 0 aromatic heterocycles. The molecule has 0 bridgehead atoms. The summed E-state index contributed by atoms with van der Waals surface area (Å²) in [7, 11) is -0.699. The van der Waals surface area contributed by atoms with Gasteiger partial charge in [0.15, 0.2) is 8.24 Å². The van der Waals surface area contributed by atoms with Crippen molar-refractivity contribution in [2.24, 2.45) is 4.03 Å². The Labute approximate surface area is 155 Å². The van der Waals surface area contributed by atoms with Gasteiger partial charge in [-0.25, -0.2) is 8.51 Å². The first-order chi connectivity index (χ1) is 11.4. The van der Waals surface area contributed by atoms with Crippen LogP contribution in [0.25, 0.3) is 0 Å². The lowest BCUT2D eigenvalue weighted by Gasteiger charge is -2.36. The summed E-state index contributed by atoms with van der Waals surface area (Å²) in [5.74, 6) is 0. The van der Waals surface area contributed by atoms with Crippen molar-refractivity contribution in [3.8, 4) is 0 Å². The van der Waals surface area contributed by atoms with Gasteiger partial charge in [-0.3, -0.25) is 4.03 Å². The Morgan fingerprint density at radius 2 is 1.76 bits per heavy atom. The number of hydrogen-bond donors (Lipinski definition) is 0. The Morgan fingerprint density at radius 3 is 2.20 bits per heavy atom. The van der Waals surface area contributed by atoms with Crippen LogP contribution in [-0.4, -0.2) is 42.2 Å². The van der Waals surface area contributed by atoms with Gasteiger partial charge < -0.3 is 4.74 Å². The van der Waals surface area contributed by atoms with Crippen LogP contribution in [-0.2, 0) is 21.3 Å². The molecule has 4 nitrogen and oxygen atoms in total. The Balaban J connectivity index is 2.23. The molecule has 1 unspecified atom stereocenters. The minimum Gasteiger partial charge on any atom is -0.375 e. The Kier molecular flexibility index (Phi) is 5.89. The van der Waals surface area contributed by atoms with Crippen molar-refractivity contribution < 1.29 is 8.95 Å². The van der Waals surface area contributed by atoms with Crippen LogP contribution in [0.15, 0.2) is 34.4 Å². The molecule has 1 fully saturated rings. The van der Waals surface area contributed by atoms with E-state index < -0.39 is 18.2 Å². The highest BCUT2D eigenvalue weighted by molar-refractivity contribution is 7.93. The molecule has 0 amide bonds. The highest BCUT2D eigenvalue weighted by atomic mass is 32.2. The van der Waals surface area contributed by atoms with Gasteiger partial charge in [0.25, 0.3) is 0 Å². The Hall–Kier alpha value is -0.693. The number of benzene rings is 1. The molecule has 1 saturated carbocycles. The zero-order valence-electron chi connectivity index (χ0n) is 16.8. The van der Waals surface area contributed by atoms with Crippen LogP contribution in [0.5, 0.6) is 0 Å². The van der Waals surface area contributed by atoms with Crippen LogP contribution in [0.3, 0.4) is 0 Å². The molecule has 1 atom stereocenters. The summed E-state index contributed by atoms with van der Waals surface area (Å²) < 4.78 is 26.6. The predicted molar refractivity (Wildman–Crippen MR) is 110 cm³/mol. The van der Waals surface area contributed by atoms with Gasteiger partial charge in [-0.1, -0.05) is 51.1 Å². The Bertz CT molecular complexity index is 698. The first kappa shape index (κ1) is 20.6. The van der Waals surface area contributed by atoms with E-state index in [0.717, 1.165) is 18.4 Å². The van der Waals surface area contributed by atoms with Gasteiger partial charge in [-0.15, -0.1) is 0 Å². The maximum absolute atomic E-state index is 14.0. The van der Waals surface area contributed by atoms with Crippen molar-refractivity contribution in [1.82, 2.24) is 4.31 Å². The molecule has 0 radical (unpaired) electrons. The zero-order chi connectivity index (χ0) is 18.9. The van der Waals surface area contributed by atoms with E-state index in [0.29, 0.717) is 13.2 Å². The molecular weight excluding hydrogens is 348 g/mol. The summed E-state index contributed by atoms with van der Waals surface area (Å²) in [4.78, 5) is 0. The third kappa shape index (κ3) is 4.35. The molecule has 6 heteroatoms. The monoisotopic (exact) mass is 382 g/mol.